The zero-order valence-corrected chi connectivity index (χ0v) is 15.2. The van der Waals surface area contributed by atoms with Gasteiger partial charge in [0.05, 0.1) is 11.4 Å². The number of hydrogen-bond donors (Lipinski definition) is 1. The number of anilines is 1. The predicted molar refractivity (Wildman–Crippen MR) is 103 cm³/mol. The Morgan fingerprint density at radius 1 is 1.20 bits per heavy atom. The topological polar surface area (TPSA) is 46.9 Å². The summed E-state index contributed by atoms with van der Waals surface area (Å²) in [4.78, 5) is 12.7. The summed E-state index contributed by atoms with van der Waals surface area (Å²) in [5.41, 5.74) is 4.78. The van der Waals surface area contributed by atoms with Crippen molar-refractivity contribution >= 4 is 35.1 Å². The summed E-state index contributed by atoms with van der Waals surface area (Å²) in [6.45, 7) is 2.05. The van der Waals surface area contributed by atoms with Gasteiger partial charge >= 0.3 is 0 Å². The minimum absolute atomic E-state index is 0.185. The number of thioether (sulfide) groups is 1. The number of nitrogens with one attached hydrogen (secondary N) is 1. The second-order valence-electron chi connectivity index (χ2n) is 5.98. The minimum atomic E-state index is -0.185. The van der Waals surface area contributed by atoms with Gasteiger partial charge < -0.3 is 5.32 Å². The zero-order chi connectivity index (χ0) is 17.4. The van der Waals surface area contributed by atoms with Gasteiger partial charge in [-0.05, 0) is 37.3 Å². The zero-order valence-electron chi connectivity index (χ0n) is 13.6. The molecule has 25 heavy (non-hydrogen) atoms. The van der Waals surface area contributed by atoms with Crippen molar-refractivity contribution in [2.75, 3.05) is 5.32 Å². The van der Waals surface area contributed by atoms with E-state index in [4.69, 9.17) is 16.7 Å². The number of fused-ring (bicyclic) bond motifs is 1. The van der Waals surface area contributed by atoms with Crippen molar-refractivity contribution < 1.29 is 4.79 Å². The number of aromatic nitrogens is 2. The van der Waals surface area contributed by atoms with Crippen LogP contribution in [-0.4, -0.2) is 15.7 Å². The molecule has 2 heterocycles. The lowest BCUT2D eigenvalue weighted by Crippen LogP contribution is -2.16. The monoisotopic (exact) mass is 369 g/mol. The fraction of sp³-hybridized carbons (Fsp3) is 0.158. The highest BCUT2D eigenvalue weighted by Crippen LogP contribution is 2.36. The number of carbonyl (C=O) groups is 1. The fourth-order valence-electron chi connectivity index (χ4n) is 2.82. The van der Waals surface area contributed by atoms with Gasteiger partial charge in [0.1, 0.15) is 5.82 Å². The first-order valence-electron chi connectivity index (χ1n) is 7.94. The van der Waals surface area contributed by atoms with E-state index in [1.54, 1.807) is 24.3 Å². The molecular formula is C19H16ClN3OS. The molecule has 4 rings (SSSR count). The third-order valence-electron chi connectivity index (χ3n) is 4.15. The molecule has 4 nitrogen and oxygen atoms in total. The van der Waals surface area contributed by atoms with E-state index in [0.29, 0.717) is 10.6 Å². The number of hydrogen-bond acceptors (Lipinski definition) is 3. The van der Waals surface area contributed by atoms with Crippen molar-refractivity contribution in [1.82, 2.24) is 9.78 Å². The number of rotatable bonds is 3. The molecule has 0 atom stereocenters. The molecule has 0 radical (unpaired) electrons. The first-order valence-corrected chi connectivity index (χ1v) is 9.47. The van der Waals surface area contributed by atoms with Crippen LogP contribution in [0.2, 0.25) is 5.02 Å². The van der Waals surface area contributed by atoms with Gasteiger partial charge in [0, 0.05) is 27.7 Å². The van der Waals surface area contributed by atoms with E-state index < -0.39 is 0 Å². The third kappa shape index (κ3) is 3.17. The second kappa shape index (κ2) is 6.58. The molecule has 0 unspecified atom stereocenters. The molecule has 0 saturated carbocycles. The molecular weight excluding hydrogens is 354 g/mol. The largest absolute Gasteiger partial charge is 0.306 e. The summed E-state index contributed by atoms with van der Waals surface area (Å²) in [5.74, 6) is 2.28. The first kappa shape index (κ1) is 16.2. The predicted octanol–water partition coefficient (Wildman–Crippen LogP) is 4.83. The molecule has 1 amide bonds. The third-order valence-corrected chi connectivity index (χ3v) is 5.35. The number of halogens is 1. The highest BCUT2D eigenvalue weighted by molar-refractivity contribution is 7.98. The smallest absolute Gasteiger partial charge is 0.256 e. The van der Waals surface area contributed by atoms with Crippen molar-refractivity contribution in [3.63, 3.8) is 0 Å². The van der Waals surface area contributed by atoms with E-state index in [-0.39, 0.29) is 5.91 Å². The van der Waals surface area contributed by atoms with E-state index in [1.165, 1.54) is 5.56 Å². The number of carbonyl (C=O) groups excluding carboxylic acids is 1. The SMILES string of the molecule is Cc1ccc(-n2nc3c(c2NC(=O)c2cccc(Cl)c2)CSC3)cc1. The maximum absolute atomic E-state index is 12.7. The summed E-state index contributed by atoms with van der Waals surface area (Å²) < 4.78 is 1.83. The van der Waals surface area contributed by atoms with E-state index >= 15 is 0 Å². The molecule has 2 aromatic carbocycles. The van der Waals surface area contributed by atoms with Gasteiger partial charge in [-0.3, -0.25) is 4.79 Å². The van der Waals surface area contributed by atoms with Gasteiger partial charge in [0.15, 0.2) is 0 Å². The molecule has 1 N–H and O–H groups in total. The van der Waals surface area contributed by atoms with Crippen LogP contribution in [-0.2, 0) is 11.5 Å². The second-order valence-corrected chi connectivity index (χ2v) is 7.40. The lowest BCUT2D eigenvalue weighted by atomic mass is 10.2. The maximum atomic E-state index is 12.7. The van der Waals surface area contributed by atoms with E-state index in [0.717, 1.165) is 34.3 Å². The molecule has 0 saturated heterocycles. The lowest BCUT2D eigenvalue weighted by molar-refractivity contribution is 0.102. The average Bonchev–Trinajstić information content (AvgIpc) is 3.18. The van der Waals surface area contributed by atoms with Gasteiger partial charge in [-0.25, -0.2) is 4.68 Å². The Morgan fingerprint density at radius 3 is 2.76 bits per heavy atom. The Bertz CT molecular complexity index is 950. The number of benzene rings is 2. The van der Waals surface area contributed by atoms with E-state index in [9.17, 15) is 4.79 Å². The van der Waals surface area contributed by atoms with Crippen LogP contribution in [0.3, 0.4) is 0 Å². The van der Waals surface area contributed by atoms with Crippen LogP contribution in [0.1, 0.15) is 27.2 Å². The molecule has 0 spiro atoms. The quantitative estimate of drug-likeness (QED) is 0.719. The van der Waals surface area contributed by atoms with Gasteiger partial charge in [-0.1, -0.05) is 35.4 Å². The summed E-state index contributed by atoms with van der Waals surface area (Å²) in [6.07, 6.45) is 0. The Balaban J connectivity index is 1.73. The molecule has 1 aliphatic rings. The summed E-state index contributed by atoms with van der Waals surface area (Å²) in [6, 6.07) is 15.1. The van der Waals surface area contributed by atoms with Crippen LogP contribution in [0, 0.1) is 6.92 Å². The Hall–Kier alpha value is -2.24. The average molecular weight is 370 g/mol. The highest BCUT2D eigenvalue weighted by Gasteiger charge is 2.25. The van der Waals surface area contributed by atoms with Gasteiger partial charge in [0.2, 0.25) is 0 Å². The molecule has 0 aliphatic carbocycles. The summed E-state index contributed by atoms with van der Waals surface area (Å²) in [7, 11) is 0. The van der Waals surface area contributed by atoms with Crippen molar-refractivity contribution in [2.24, 2.45) is 0 Å². The van der Waals surface area contributed by atoms with Crippen molar-refractivity contribution in [2.45, 2.75) is 18.4 Å². The van der Waals surface area contributed by atoms with Crippen LogP contribution < -0.4 is 5.32 Å². The van der Waals surface area contributed by atoms with Crippen molar-refractivity contribution in [3.05, 3.63) is 75.9 Å². The Kier molecular flexibility index (Phi) is 4.27. The molecule has 0 fully saturated rings. The normalized spacial score (nSPS) is 12.9. The van der Waals surface area contributed by atoms with Crippen LogP contribution in [0.15, 0.2) is 48.5 Å². The van der Waals surface area contributed by atoms with Gasteiger partial charge in [-0.2, -0.15) is 16.9 Å². The van der Waals surface area contributed by atoms with Gasteiger partial charge in [0.25, 0.3) is 5.91 Å². The minimum Gasteiger partial charge on any atom is -0.306 e. The van der Waals surface area contributed by atoms with Crippen molar-refractivity contribution in [1.29, 1.82) is 0 Å². The summed E-state index contributed by atoms with van der Waals surface area (Å²) >= 11 is 7.81. The Morgan fingerprint density at radius 2 is 2.00 bits per heavy atom. The van der Waals surface area contributed by atoms with E-state index in [1.807, 2.05) is 47.6 Å². The van der Waals surface area contributed by atoms with Crippen LogP contribution >= 0.6 is 23.4 Å². The number of aryl methyl sites for hydroxylation is 1. The highest BCUT2D eigenvalue weighted by atomic mass is 35.5. The standard InChI is InChI=1S/C19H16ClN3OS/c1-12-5-7-15(8-6-12)23-18(16-10-25-11-17(16)22-23)21-19(24)13-3-2-4-14(20)9-13/h2-9H,10-11H2,1H3,(H,21,24). The lowest BCUT2D eigenvalue weighted by Gasteiger charge is -2.11. The first-order chi connectivity index (χ1) is 12.1. The maximum Gasteiger partial charge on any atom is 0.256 e. The molecule has 1 aliphatic heterocycles. The van der Waals surface area contributed by atoms with E-state index in [2.05, 4.69) is 5.32 Å². The summed E-state index contributed by atoms with van der Waals surface area (Å²) in [5, 5.41) is 8.29. The number of nitrogens with zero attached hydrogens (tertiary/aromatic N) is 2. The number of amides is 1. The fourth-order valence-corrected chi connectivity index (χ4v) is 4.05. The van der Waals surface area contributed by atoms with Gasteiger partial charge in [-0.15, -0.1) is 0 Å². The molecule has 1 aromatic heterocycles. The van der Waals surface area contributed by atoms with Crippen LogP contribution in [0.4, 0.5) is 5.82 Å². The molecule has 126 valence electrons. The van der Waals surface area contributed by atoms with Crippen LogP contribution in [0.25, 0.3) is 5.69 Å². The Labute approximate surface area is 155 Å². The van der Waals surface area contributed by atoms with Crippen molar-refractivity contribution in [3.8, 4) is 5.69 Å². The molecule has 0 bridgehead atoms. The molecule has 6 heteroatoms. The molecule has 3 aromatic rings. The van der Waals surface area contributed by atoms with Crippen LogP contribution in [0.5, 0.6) is 0 Å².